The highest BCUT2D eigenvalue weighted by Gasteiger charge is 2.27. The van der Waals surface area contributed by atoms with Crippen LogP contribution >= 0.6 is 0 Å². The molecule has 0 aliphatic rings. The maximum atomic E-state index is 13.1. The van der Waals surface area contributed by atoms with Crippen LogP contribution in [0, 0.1) is 0 Å². The van der Waals surface area contributed by atoms with Gasteiger partial charge in [0.2, 0.25) is 23.6 Å². The highest BCUT2D eigenvalue weighted by Crippen LogP contribution is 2.17. The van der Waals surface area contributed by atoms with Crippen molar-refractivity contribution in [2.45, 2.75) is 71.2 Å². The summed E-state index contributed by atoms with van der Waals surface area (Å²) >= 11 is 0. The van der Waals surface area contributed by atoms with E-state index >= 15 is 0 Å². The number of hydrogen-bond acceptors (Lipinski definition) is 5. The second-order valence-electron chi connectivity index (χ2n) is 10.4. The molecule has 0 aliphatic heterocycles. The Kier molecular flexibility index (Phi) is 10.2. The number of carbonyl (C=O) groups is 4. The average molecular weight is 536 g/mol. The smallest absolute Gasteiger partial charge is 0.246 e. The monoisotopic (exact) mass is 535 g/mol. The van der Waals surface area contributed by atoms with E-state index < -0.39 is 35.4 Å². The molecule has 0 saturated heterocycles. The van der Waals surface area contributed by atoms with E-state index in [2.05, 4.69) is 26.4 Å². The summed E-state index contributed by atoms with van der Waals surface area (Å²) in [7, 11) is 0. The van der Waals surface area contributed by atoms with E-state index in [-0.39, 0.29) is 25.3 Å². The van der Waals surface area contributed by atoms with Gasteiger partial charge in [0.05, 0.1) is 12.0 Å². The molecule has 0 unspecified atom stereocenters. The first-order chi connectivity index (χ1) is 18.5. The molecule has 0 aliphatic carbocycles. The fourth-order valence-electron chi connectivity index (χ4n) is 3.83. The van der Waals surface area contributed by atoms with Gasteiger partial charge >= 0.3 is 0 Å². The molecule has 10 heteroatoms. The van der Waals surface area contributed by atoms with E-state index in [0.29, 0.717) is 6.42 Å². The summed E-state index contributed by atoms with van der Waals surface area (Å²) in [5, 5.41) is 9.07. The number of nitrogens with one attached hydrogen (secondary N) is 5. The van der Waals surface area contributed by atoms with Gasteiger partial charge in [-0.3, -0.25) is 24.0 Å². The average Bonchev–Trinajstić information content (AvgIpc) is 3.39. The van der Waals surface area contributed by atoms with Crippen molar-refractivity contribution in [1.29, 1.82) is 0 Å². The van der Waals surface area contributed by atoms with Crippen molar-refractivity contribution in [2.75, 3.05) is 0 Å². The van der Waals surface area contributed by atoms with E-state index in [1.54, 1.807) is 27.7 Å². The molecular weight excluding hydrogens is 498 g/mol. The lowest BCUT2D eigenvalue weighted by molar-refractivity contribution is -0.147. The largest absolute Gasteiger partial charge is 0.361 e. The lowest BCUT2D eigenvalue weighted by Crippen LogP contribution is -2.54. The Labute approximate surface area is 228 Å². The second kappa shape index (κ2) is 13.6. The molecule has 208 valence electrons. The maximum Gasteiger partial charge on any atom is 0.246 e. The highest BCUT2D eigenvalue weighted by atomic mass is 16.7. The summed E-state index contributed by atoms with van der Waals surface area (Å²) in [6.45, 7) is 7.11. The lowest BCUT2D eigenvalue weighted by Gasteiger charge is -2.23. The molecular formula is C29H37N5O5. The zero-order valence-electron chi connectivity index (χ0n) is 22.8. The number of carbonyl (C=O) groups excluding carboxylic acids is 4. The summed E-state index contributed by atoms with van der Waals surface area (Å²) in [4.78, 5) is 59.4. The number of H-pyrrole nitrogens is 1. The minimum atomic E-state index is -1.19. The number of aromatic nitrogens is 1. The topological polar surface area (TPSA) is 141 Å². The third-order valence-electron chi connectivity index (χ3n) is 5.89. The minimum absolute atomic E-state index is 0.134. The molecule has 3 aromatic rings. The van der Waals surface area contributed by atoms with Gasteiger partial charge in [0.25, 0.3) is 0 Å². The Morgan fingerprint density at radius 2 is 1.64 bits per heavy atom. The molecule has 3 rings (SSSR count). The molecule has 1 heterocycles. The van der Waals surface area contributed by atoms with Crippen molar-refractivity contribution >= 4 is 34.5 Å². The normalized spacial score (nSPS) is 12.8. The molecule has 0 radical (unpaired) electrons. The molecule has 0 spiro atoms. The molecule has 2 atom stereocenters. The van der Waals surface area contributed by atoms with E-state index in [0.717, 1.165) is 22.0 Å². The fraction of sp³-hybridized carbons (Fsp3) is 0.379. The van der Waals surface area contributed by atoms with Crippen LogP contribution in [0.4, 0.5) is 0 Å². The molecule has 0 fully saturated rings. The van der Waals surface area contributed by atoms with Crippen molar-refractivity contribution in [1.82, 2.24) is 26.4 Å². The highest BCUT2D eigenvalue weighted by molar-refractivity contribution is 5.94. The third kappa shape index (κ3) is 9.57. The van der Waals surface area contributed by atoms with Crippen LogP contribution in [0.1, 0.15) is 51.7 Å². The first-order valence-corrected chi connectivity index (χ1v) is 12.9. The van der Waals surface area contributed by atoms with Gasteiger partial charge in [-0.1, -0.05) is 42.5 Å². The van der Waals surface area contributed by atoms with Crippen LogP contribution in [0.3, 0.4) is 0 Å². The van der Waals surface area contributed by atoms with Crippen LogP contribution in [-0.4, -0.2) is 46.3 Å². The number of aryl methyl sites for hydroxylation is 1. The standard InChI is InChI=1S/C29H37N5O5/c1-19(27(37)31-18-21-11-8-12-23-22(21)15-16-30-23)32-28(38)24(17-26(36)34-39-29(2,3)4)33-25(35)14-13-20-9-6-5-7-10-20/h5-12,15-16,19,24,30H,13-14,17-18H2,1-4H3,(H,31,37)(H,32,38)(H,33,35)(H,34,36)/t19-,24-/m0/s1. The zero-order valence-corrected chi connectivity index (χ0v) is 22.8. The minimum Gasteiger partial charge on any atom is -0.361 e. The number of fused-ring (bicyclic) bond motifs is 1. The zero-order chi connectivity index (χ0) is 28.4. The van der Waals surface area contributed by atoms with Crippen molar-refractivity contribution in [3.05, 3.63) is 71.9 Å². The van der Waals surface area contributed by atoms with Gasteiger partial charge in [0.1, 0.15) is 12.1 Å². The van der Waals surface area contributed by atoms with Crippen LogP contribution in [0.25, 0.3) is 10.9 Å². The number of hydroxylamine groups is 1. The molecule has 0 saturated carbocycles. The van der Waals surface area contributed by atoms with Crippen molar-refractivity contribution in [3.8, 4) is 0 Å². The summed E-state index contributed by atoms with van der Waals surface area (Å²) in [5.74, 6) is -2.01. The van der Waals surface area contributed by atoms with Crippen LogP contribution < -0.4 is 21.4 Å². The number of rotatable bonds is 12. The van der Waals surface area contributed by atoms with E-state index in [1.807, 2.05) is 60.8 Å². The van der Waals surface area contributed by atoms with Gasteiger partial charge < -0.3 is 20.9 Å². The van der Waals surface area contributed by atoms with Gasteiger partial charge in [0, 0.05) is 30.1 Å². The van der Waals surface area contributed by atoms with Crippen LogP contribution in [0.15, 0.2) is 60.8 Å². The SMILES string of the molecule is C[C@H](NC(=O)[C@H](CC(=O)NOC(C)(C)C)NC(=O)CCc1ccccc1)C(=O)NCc1cccc2[nH]ccc12. The Hall–Kier alpha value is -4.18. The summed E-state index contributed by atoms with van der Waals surface area (Å²) < 4.78 is 0. The third-order valence-corrected chi connectivity index (χ3v) is 5.89. The van der Waals surface area contributed by atoms with Crippen molar-refractivity contribution in [2.24, 2.45) is 0 Å². The van der Waals surface area contributed by atoms with Gasteiger partial charge in [-0.25, -0.2) is 5.48 Å². The lowest BCUT2D eigenvalue weighted by atomic mass is 10.1. The van der Waals surface area contributed by atoms with Gasteiger partial charge in [-0.15, -0.1) is 0 Å². The Bertz CT molecular complexity index is 1280. The summed E-state index contributed by atoms with van der Waals surface area (Å²) in [5.41, 5.74) is 4.55. The molecule has 4 amide bonds. The summed E-state index contributed by atoms with van der Waals surface area (Å²) in [6.07, 6.45) is 2.08. The van der Waals surface area contributed by atoms with Gasteiger partial charge in [0.15, 0.2) is 0 Å². The quantitative estimate of drug-likeness (QED) is 0.227. The summed E-state index contributed by atoms with van der Waals surface area (Å²) in [6, 6.07) is 15.1. The predicted octanol–water partition coefficient (Wildman–Crippen LogP) is 2.64. The fourth-order valence-corrected chi connectivity index (χ4v) is 3.83. The molecule has 5 N–H and O–H groups in total. The van der Waals surface area contributed by atoms with E-state index in [4.69, 9.17) is 4.84 Å². The first-order valence-electron chi connectivity index (χ1n) is 12.9. The molecule has 0 bridgehead atoms. The molecule has 39 heavy (non-hydrogen) atoms. The first kappa shape index (κ1) is 29.4. The second-order valence-corrected chi connectivity index (χ2v) is 10.4. The van der Waals surface area contributed by atoms with Crippen LogP contribution in [-0.2, 0) is 37.0 Å². The maximum absolute atomic E-state index is 13.1. The molecule has 10 nitrogen and oxygen atoms in total. The number of benzene rings is 2. The van der Waals surface area contributed by atoms with E-state index in [9.17, 15) is 19.2 Å². The van der Waals surface area contributed by atoms with Gasteiger partial charge in [-0.05, 0) is 57.4 Å². The Morgan fingerprint density at radius 3 is 2.36 bits per heavy atom. The van der Waals surface area contributed by atoms with E-state index in [1.165, 1.54) is 0 Å². The van der Waals surface area contributed by atoms with Gasteiger partial charge in [-0.2, -0.15) is 0 Å². The number of hydrogen-bond donors (Lipinski definition) is 5. The Balaban J connectivity index is 1.59. The Morgan fingerprint density at radius 1 is 0.897 bits per heavy atom. The van der Waals surface area contributed by atoms with Crippen LogP contribution in [0.5, 0.6) is 0 Å². The number of aromatic amines is 1. The molecule has 1 aromatic heterocycles. The van der Waals surface area contributed by atoms with Crippen molar-refractivity contribution in [3.63, 3.8) is 0 Å². The van der Waals surface area contributed by atoms with Crippen LogP contribution in [0.2, 0.25) is 0 Å². The number of amides is 4. The molecule has 2 aromatic carbocycles. The predicted molar refractivity (Wildman–Crippen MR) is 148 cm³/mol. The van der Waals surface area contributed by atoms with Crippen molar-refractivity contribution < 1.29 is 24.0 Å².